The second-order valence-electron chi connectivity index (χ2n) is 5.47. The number of halogens is 1. The third-order valence-corrected chi connectivity index (χ3v) is 4.40. The highest BCUT2D eigenvalue weighted by molar-refractivity contribution is 6.21. The van der Waals surface area contributed by atoms with Crippen LogP contribution in [0.25, 0.3) is 0 Å². The lowest BCUT2D eigenvalue weighted by Crippen LogP contribution is -2.15. The molecule has 0 bridgehead atoms. The largest absolute Gasteiger partial charge is 0.118 e. The van der Waals surface area contributed by atoms with Gasteiger partial charge in [0.05, 0.1) is 5.38 Å². The topological polar surface area (TPSA) is 0 Å². The minimum Gasteiger partial charge on any atom is -0.118 e. The fourth-order valence-electron chi connectivity index (χ4n) is 3.18. The Balaban J connectivity index is 2.00. The number of hydrogen-bond donors (Lipinski definition) is 0. The van der Waals surface area contributed by atoms with Crippen molar-refractivity contribution in [3.05, 3.63) is 11.6 Å². The molecule has 86 valence electrons. The molecule has 0 N–H and O–H groups in total. The van der Waals surface area contributed by atoms with Crippen LogP contribution in [0.5, 0.6) is 0 Å². The summed E-state index contributed by atoms with van der Waals surface area (Å²) >= 11 is 6.30. The Bertz CT molecular complexity index is 231. The van der Waals surface area contributed by atoms with E-state index in [9.17, 15) is 0 Å². The van der Waals surface area contributed by atoms with Gasteiger partial charge in [0, 0.05) is 0 Å². The molecule has 2 aliphatic carbocycles. The van der Waals surface area contributed by atoms with Crippen molar-refractivity contribution < 1.29 is 0 Å². The maximum absolute atomic E-state index is 6.30. The Labute approximate surface area is 99.1 Å². The maximum atomic E-state index is 6.30. The summed E-state index contributed by atoms with van der Waals surface area (Å²) in [6.07, 6.45) is 13.3. The van der Waals surface area contributed by atoms with Crippen LogP contribution in [0.3, 0.4) is 0 Å². The quantitative estimate of drug-likeness (QED) is 0.440. The molecule has 2 aliphatic rings. The molecule has 3 atom stereocenters. The summed E-state index contributed by atoms with van der Waals surface area (Å²) < 4.78 is 0. The van der Waals surface area contributed by atoms with Gasteiger partial charge < -0.3 is 0 Å². The summed E-state index contributed by atoms with van der Waals surface area (Å²) in [6.45, 7) is 2.40. The van der Waals surface area contributed by atoms with Crippen LogP contribution in [-0.2, 0) is 0 Å². The first-order chi connectivity index (χ1) is 7.25. The molecule has 0 heterocycles. The minimum atomic E-state index is 0.319. The Morgan fingerprint density at radius 2 is 2.00 bits per heavy atom. The van der Waals surface area contributed by atoms with Crippen LogP contribution in [0.2, 0.25) is 0 Å². The van der Waals surface area contributed by atoms with Crippen LogP contribution < -0.4 is 0 Å². The lowest BCUT2D eigenvalue weighted by molar-refractivity contribution is 0.309. The van der Waals surface area contributed by atoms with Crippen molar-refractivity contribution in [1.29, 1.82) is 0 Å². The van der Waals surface area contributed by atoms with Gasteiger partial charge in [-0.1, -0.05) is 37.8 Å². The van der Waals surface area contributed by atoms with E-state index < -0.39 is 0 Å². The summed E-state index contributed by atoms with van der Waals surface area (Å²) in [7, 11) is 0. The molecule has 1 saturated carbocycles. The van der Waals surface area contributed by atoms with E-state index >= 15 is 0 Å². The molecule has 3 unspecified atom stereocenters. The van der Waals surface area contributed by atoms with Gasteiger partial charge in [0.2, 0.25) is 0 Å². The maximum Gasteiger partial charge on any atom is 0.0518 e. The molecule has 0 nitrogen and oxygen atoms in total. The molecule has 0 radical (unpaired) electrons. The normalized spacial score (nSPS) is 38.3. The van der Waals surface area contributed by atoms with E-state index in [2.05, 4.69) is 13.0 Å². The Hall–Kier alpha value is 0.0300. The fraction of sp³-hybridized carbons (Fsp3) is 0.857. The average Bonchev–Trinajstić information content (AvgIpc) is 2.43. The molecule has 1 heteroatoms. The van der Waals surface area contributed by atoms with Gasteiger partial charge in [-0.05, 0) is 43.9 Å². The summed E-state index contributed by atoms with van der Waals surface area (Å²) in [5.41, 5.74) is 1.69. The van der Waals surface area contributed by atoms with Gasteiger partial charge in [-0.15, -0.1) is 11.6 Å². The first-order valence-electron chi connectivity index (χ1n) is 6.60. The number of rotatable bonds is 1. The van der Waals surface area contributed by atoms with Crippen molar-refractivity contribution in [2.45, 2.75) is 63.7 Å². The summed E-state index contributed by atoms with van der Waals surface area (Å²) in [6, 6.07) is 0. The van der Waals surface area contributed by atoms with Gasteiger partial charge in [-0.2, -0.15) is 0 Å². The van der Waals surface area contributed by atoms with Gasteiger partial charge in [0.15, 0.2) is 0 Å². The van der Waals surface area contributed by atoms with Gasteiger partial charge >= 0.3 is 0 Å². The predicted molar refractivity (Wildman–Crippen MR) is 67.3 cm³/mol. The van der Waals surface area contributed by atoms with Crippen LogP contribution in [-0.4, -0.2) is 5.38 Å². The molecule has 0 amide bonds. The Morgan fingerprint density at radius 3 is 2.80 bits per heavy atom. The van der Waals surface area contributed by atoms with E-state index in [1.807, 2.05) is 0 Å². The standard InChI is InChI=1S/C14H23Cl/c1-11-5-4-7-12(9-11)13-6-2-3-8-14(15)10-13/h10-12,14H,2-9H2,1H3. The summed E-state index contributed by atoms with van der Waals surface area (Å²) in [5.74, 6) is 1.80. The van der Waals surface area contributed by atoms with Crippen molar-refractivity contribution >= 4 is 11.6 Å². The van der Waals surface area contributed by atoms with E-state index in [4.69, 9.17) is 11.6 Å². The lowest BCUT2D eigenvalue weighted by Gasteiger charge is -2.29. The Morgan fingerprint density at radius 1 is 1.13 bits per heavy atom. The van der Waals surface area contributed by atoms with E-state index in [1.165, 1.54) is 51.4 Å². The molecule has 15 heavy (non-hydrogen) atoms. The van der Waals surface area contributed by atoms with Crippen molar-refractivity contribution in [1.82, 2.24) is 0 Å². The fourth-order valence-corrected chi connectivity index (χ4v) is 3.49. The molecule has 0 aliphatic heterocycles. The molecule has 0 spiro atoms. The number of alkyl halides is 1. The molecule has 0 aromatic heterocycles. The molecule has 2 rings (SSSR count). The second kappa shape index (κ2) is 5.39. The predicted octanol–water partition coefficient (Wildman–Crippen LogP) is 4.92. The van der Waals surface area contributed by atoms with Crippen LogP contribution in [0, 0.1) is 11.8 Å². The Kier molecular flexibility index (Phi) is 4.13. The van der Waals surface area contributed by atoms with E-state index in [-0.39, 0.29) is 0 Å². The van der Waals surface area contributed by atoms with E-state index in [0.29, 0.717) is 5.38 Å². The zero-order chi connectivity index (χ0) is 10.7. The van der Waals surface area contributed by atoms with E-state index in [0.717, 1.165) is 11.8 Å². The van der Waals surface area contributed by atoms with Crippen molar-refractivity contribution in [3.8, 4) is 0 Å². The molecular weight excluding hydrogens is 204 g/mol. The van der Waals surface area contributed by atoms with E-state index in [1.54, 1.807) is 5.57 Å². The molecule has 0 aromatic rings. The molecule has 0 saturated heterocycles. The smallest absolute Gasteiger partial charge is 0.0518 e. The van der Waals surface area contributed by atoms with Crippen molar-refractivity contribution in [3.63, 3.8) is 0 Å². The van der Waals surface area contributed by atoms with Crippen LogP contribution in [0.15, 0.2) is 11.6 Å². The van der Waals surface area contributed by atoms with Crippen LogP contribution in [0.1, 0.15) is 58.3 Å². The van der Waals surface area contributed by atoms with Crippen LogP contribution >= 0.6 is 11.6 Å². The third kappa shape index (κ3) is 3.24. The minimum absolute atomic E-state index is 0.319. The number of hydrogen-bond acceptors (Lipinski definition) is 0. The zero-order valence-electron chi connectivity index (χ0n) is 9.84. The highest BCUT2D eigenvalue weighted by atomic mass is 35.5. The highest BCUT2D eigenvalue weighted by Crippen LogP contribution is 2.37. The lowest BCUT2D eigenvalue weighted by atomic mass is 9.77. The SMILES string of the molecule is CC1CCCC(C2=CC(Cl)CCCC2)C1. The zero-order valence-corrected chi connectivity index (χ0v) is 10.6. The summed E-state index contributed by atoms with van der Waals surface area (Å²) in [5, 5.41) is 0.319. The average molecular weight is 227 g/mol. The van der Waals surface area contributed by atoms with Gasteiger partial charge in [0.1, 0.15) is 0 Å². The van der Waals surface area contributed by atoms with Crippen LogP contribution in [0.4, 0.5) is 0 Å². The molecule has 0 aromatic carbocycles. The van der Waals surface area contributed by atoms with Crippen molar-refractivity contribution in [2.24, 2.45) is 11.8 Å². The van der Waals surface area contributed by atoms with Gasteiger partial charge in [-0.25, -0.2) is 0 Å². The molecule has 1 fully saturated rings. The highest BCUT2D eigenvalue weighted by Gasteiger charge is 2.23. The molecular formula is C14H23Cl. The summed E-state index contributed by atoms with van der Waals surface area (Å²) in [4.78, 5) is 0. The number of allylic oxidation sites excluding steroid dienone is 2. The first kappa shape index (κ1) is 11.5. The first-order valence-corrected chi connectivity index (χ1v) is 7.04. The monoisotopic (exact) mass is 226 g/mol. The van der Waals surface area contributed by atoms with Crippen molar-refractivity contribution in [2.75, 3.05) is 0 Å². The third-order valence-electron chi connectivity index (χ3n) is 4.05. The second-order valence-corrected chi connectivity index (χ2v) is 6.03. The van der Waals surface area contributed by atoms with Gasteiger partial charge in [-0.3, -0.25) is 0 Å². The van der Waals surface area contributed by atoms with Gasteiger partial charge in [0.25, 0.3) is 0 Å².